The van der Waals surface area contributed by atoms with E-state index in [4.69, 9.17) is 16.3 Å². The Labute approximate surface area is 130 Å². The van der Waals surface area contributed by atoms with Gasteiger partial charge in [-0.25, -0.2) is 0 Å². The number of rotatable bonds is 5. The van der Waals surface area contributed by atoms with Gasteiger partial charge in [0, 0.05) is 5.02 Å². The lowest BCUT2D eigenvalue weighted by Crippen LogP contribution is -2.14. The molecule has 0 aliphatic carbocycles. The number of carbonyl (C=O) groups excluding carboxylic acids is 1. The third kappa shape index (κ3) is 3.64. The largest absolute Gasteiger partial charge is 0.457 e. The zero-order valence-electron chi connectivity index (χ0n) is 12.5. The molecule has 0 fully saturated rings. The molecule has 0 amide bonds. The van der Waals surface area contributed by atoms with Crippen molar-refractivity contribution < 1.29 is 9.53 Å². The maximum absolute atomic E-state index is 11.1. The van der Waals surface area contributed by atoms with E-state index in [1.54, 1.807) is 18.2 Å². The molecule has 2 aromatic carbocycles. The third-order valence-corrected chi connectivity index (χ3v) is 4.08. The number of hydrogen-bond donors (Lipinski definition) is 0. The summed E-state index contributed by atoms with van der Waals surface area (Å²) in [5.74, 6) is 1.22. The summed E-state index contributed by atoms with van der Waals surface area (Å²) in [4.78, 5) is 11.1. The van der Waals surface area contributed by atoms with Crippen LogP contribution in [0.4, 0.5) is 0 Å². The molecule has 0 bridgehead atoms. The molecule has 0 unspecified atom stereocenters. The van der Waals surface area contributed by atoms with Crippen LogP contribution in [0.3, 0.4) is 0 Å². The molecule has 0 saturated heterocycles. The first kappa shape index (κ1) is 15.6. The summed E-state index contributed by atoms with van der Waals surface area (Å²) >= 11 is 5.87. The summed E-state index contributed by atoms with van der Waals surface area (Å²) in [7, 11) is 0. The van der Waals surface area contributed by atoms with E-state index in [2.05, 4.69) is 32.9 Å². The Hall–Kier alpha value is -1.80. The van der Waals surface area contributed by atoms with Crippen molar-refractivity contribution in [3.05, 3.63) is 58.6 Å². The minimum absolute atomic E-state index is 0.146. The molecular weight excluding hydrogens is 284 g/mol. The van der Waals surface area contributed by atoms with Crippen LogP contribution >= 0.6 is 11.6 Å². The van der Waals surface area contributed by atoms with Gasteiger partial charge in [-0.1, -0.05) is 44.5 Å². The lowest BCUT2D eigenvalue weighted by Gasteiger charge is -2.23. The van der Waals surface area contributed by atoms with Gasteiger partial charge in [0.1, 0.15) is 11.5 Å². The highest BCUT2D eigenvalue weighted by Gasteiger charge is 2.17. The van der Waals surface area contributed by atoms with Gasteiger partial charge in [-0.3, -0.25) is 4.79 Å². The zero-order valence-corrected chi connectivity index (χ0v) is 13.3. The van der Waals surface area contributed by atoms with Crippen molar-refractivity contribution in [1.82, 2.24) is 0 Å². The lowest BCUT2D eigenvalue weighted by molar-refractivity contribution is 0.112. The maximum Gasteiger partial charge on any atom is 0.153 e. The number of benzene rings is 2. The molecule has 0 aliphatic heterocycles. The van der Waals surface area contributed by atoms with Crippen molar-refractivity contribution in [3.63, 3.8) is 0 Å². The highest BCUT2D eigenvalue weighted by Crippen LogP contribution is 2.31. The Morgan fingerprint density at radius 3 is 2.38 bits per heavy atom. The maximum atomic E-state index is 11.1. The molecule has 0 saturated carbocycles. The van der Waals surface area contributed by atoms with Crippen molar-refractivity contribution >= 4 is 17.9 Å². The summed E-state index contributed by atoms with van der Waals surface area (Å²) in [6.45, 7) is 6.60. The first-order valence-corrected chi connectivity index (χ1v) is 7.37. The minimum atomic E-state index is 0.146. The van der Waals surface area contributed by atoms with E-state index >= 15 is 0 Å². The van der Waals surface area contributed by atoms with Crippen LogP contribution in [0.1, 0.15) is 43.1 Å². The van der Waals surface area contributed by atoms with Crippen LogP contribution in [-0.2, 0) is 5.41 Å². The third-order valence-electron chi connectivity index (χ3n) is 3.85. The molecular formula is C18H19ClO2. The molecule has 0 spiro atoms. The van der Waals surface area contributed by atoms with Crippen molar-refractivity contribution in [3.8, 4) is 11.5 Å². The first-order chi connectivity index (χ1) is 9.96. The van der Waals surface area contributed by atoms with E-state index in [0.29, 0.717) is 22.1 Å². The Bertz CT molecular complexity index is 630. The van der Waals surface area contributed by atoms with Crippen LogP contribution in [0.5, 0.6) is 11.5 Å². The summed E-state index contributed by atoms with van der Waals surface area (Å²) < 4.78 is 5.77. The second-order valence-corrected chi connectivity index (χ2v) is 6.10. The average molecular weight is 303 g/mol. The second-order valence-electron chi connectivity index (χ2n) is 5.66. The summed E-state index contributed by atoms with van der Waals surface area (Å²) in [6, 6.07) is 13.0. The number of carbonyl (C=O) groups is 1. The van der Waals surface area contributed by atoms with Crippen molar-refractivity contribution in [2.45, 2.75) is 32.6 Å². The summed E-state index contributed by atoms with van der Waals surface area (Å²) in [5, 5.41) is 0.518. The predicted molar refractivity (Wildman–Crippen MR) is 86.7 cm³/mol. The SMILES string of the molecule is CCC(C)(C)c1ccc(Oc2ccc(Cl)cc2C=O)cc1. The Morgan fingerprint density at radius 2 is 1.81 bits per heavy atom. The van der Waals surface area contributed by atoms with Gasteiger partial charge in [-0.15, -0.1) is 0 Å². The fourth-order valence-corrected chi connectivity index (χ4v) is 2.19. The smallest absolute Gasteiger partial charge is 0.153 e. The van der Waals surface area contributed by atoms with E-state index in [1.807, 2.05) is 12.1 Å². The normalized spacial score (nSPS) is 11.2. The molecule has 0 heterocycles. The quantitative estimate of drug-likeness (QED) is 0.669. The molecule has 0 aromatic heterocycles. The van der Waals surface area contributed by atoms with Gasteiger partial charge in [-0.2, -0.15) is 0 Å². The standard InChI is InChI=1S/C18H19ClO2/c1-4-18(2,3)14-5-8-16(9-6-14)21-17-10-7-15(19)11-13(17)12-20/h5-12H,4H2,1-3H3. The van der Waals surface area contributed by atoms with E-state index in [9.17, 15) is 4.79 Å². The van der Waals surface area contributed by atoms with Gasteiger partial charge < -0.3 is 4.74 Å². The van der Waals surface area contributed by atoms with Gasteiger partial charge in [0.2, 0.25) is 0 Å². The van der Waals surface area contributed by atoms with E-state index in [-0.39, 0.29) is 5.41 Å². The topological polar surface area (TPSA) is 26.3 Å². The Morgan fingerprint density at radius 1 is 1.14 bits per heavy atom. The molecule has 0 aliphatic rings. The predicted octanol–water partition coefficient (Wildman–Crippen LogP) is 5.63. The van der Waals surface area contributed by atoms with Crippen molar-refractivity contribution in [2.24, 2.45) is 0 Å². The van der Waals surface area contributed by atoms with Crippen LogP contribution in [0.2, 0.25) is 5.02 Å². The summed E-state index contributed by atoms with van der Waals surface area (Å²) in [5.41, 5.74) is 1.86. The fourth-order valence-electron chi connectivity index (χ4n) is 2.01. The highest BCUT2D eigenvalue weighted by molar-refractivity contribution is 6.30. The number of halogens is 1. The second kappa shape index (κ2) is 6.31. The van der Waals surface area contributed by atoms with Crippen LogP contribution in [0, 0.1) is 0 Å². The minimum Gasteiger partial charge on any atom is -0.457 e. The molecule has 2 nitrogen and oxygen atoms in total. The van der Waals surface area contributed by atoms with Gasteiger partial charge in [0.15, 0.2) is 6.29 Å². The van der Waals surface area contributed by atoms with Gasteiger partial charge >= 0.3 is 0 Å². The lowest BCUT2D eigenvalue weighted by atomic mass is 9.82. The van der Waals surface area contributed by atoms with Gasteiger partial charge in [0.05, 0.1) is 5.56 Å². The average Bonchev–Trinajstić information content (AvgIpc) is 2.49. The van der Waals surface area contributed by atoms with Crippen LogP contribution in [0.25, 0.3) is 0 Å². The van der Waals surface area contributed by atoms with Crippen molar-refractivity contribution in [2.75, 3.05) is 0 Å². The van der Waals surface area contributed by atoms with Crippen LogP contribution < -0.4 is 4.74 Å². The molecule has 0 radical (unpaired) electrons. The summed E-state index contributed by atoms with van der Waals surface area (Å²) in [6.07, 6.45) is 1.81. The highest BCUT2D eigenvalue weighted by atomic mass is 35.5. The van der Waals surface area contributed by atoms with E-state index < -0.39 is 0 Å². The molecule has 0 atom stereocenters. The molecule has 3 heteroatoms. The first-order valence-electron chi connectivity index (χ1n) is 6.99. The van der Waals surface area contributed by atoms with Gasteiger partial charge in [0.25, 0.3) is 0 Å². The van der Waals surface area contributed by atoms with Crippen molar-refractivity contribution in [1.29, 1.82) is 0 Å². The van der Waals surface area contributed by atoms with Crippen LogP contribution in [0.15, 0.2) is 42.5 Å². The number of aldehydes is 1. The fraction of sp³-hybridized carbons (Fsp3) is 0.278. The number of hydrogen-bond acceptors (Lipinski definition) is 2. The zero-order chi connectivity index (χ0) is 15.5. The van der Waals surface area contributed by atoms with Gasteiger partial charge in [-0.05, 0) is 47.7 Å². The molecule has 0 N–H and O–H groups in total. The Kier molecular flexibility index (Phi) is 4.69. The monoisotopic (exact) mass is 302 g/mol. The molecule has 2 aromatic rings. The number of ether oxygens (including phenoxy) is 1. The molecule has 2 rings (SSSR count). The molecule has 110 valence electrons. The Balaban J connectivity index is 2.23. The van der Waals surface area contributed by atoms with E-state index in [1.165, 1.54) is 5.56 Å². The molecule has 21 heavy (non-hydrogen) atoms. The van der Waals surface area contributed by atoms with Crippen LogP contribution in [-0.4, -0.2) is 6.29 Å². The van der Waals surface area contributed by atoms with E-state index in [0.717, 1.165) is 12.7 Å².